The van der Waals surface area contributed by atoms with Crippen LogP contribution in [0, 0.1) is 5.92 Å². The fourth-order valence-corrected chi connectivity index (χ4v) is 1.50. The van der Waals surface area contributed by atoms with Gasteiger partial charge in [0.2, 0.25) is 0 Å². The smallest absolute Gasteiger partial charge is 0.0455 e. The highest BCUT2D eigenvalue weighted by atomic mass is 16.3. The fourth-order valence-electron chi connectivity index (χ4n) is 1.50. The summed E-state index contributed by atoms with van der Waals surface area (Å²) in [5, 5.41) is 8.64. The lowest BCUT2D eigenvalue weighted by Crippen LogP contribution is -2.27. The van der Waals surface area contributed by atoms with Gasteiger partial charge in [0.1, 0.15) is 0 Å². The summed E-state index contributed by atoms with van der Waals surface area (Å²) in [5.41, 5.74) is 5.46. The van der Waals surface area contributed by atoms with Crippen molar-refractivity contribution in [2.45, 2.75) is 12.8 Å². The number of nitrogens with two attached hydrogens (primary N) is 1. The molecule has 1 heterocycles. The van der Waals surface area contributed by atoms with Gasteiger partial charge in [-0.05, 0) is 25.3 Å². The van der Waals surface area contributed by atoms with Crippen LogP contribution in [0.3, 0.4) is 0 Å². The number of aliphatic hydroxyl groups is 1. The Morgan fingerprint density at radius 3 is 2.90 bits per heavy atom. The van der Waals surface area contributed by atoms with E-state index in [9.17, 15) is 0 Å². The van der Waals surface area contributed by atoms with Gasteiger partial charge in [-0.25, -0.2) is 0 Å². The standard InChI is InChI=1S/C7H16N2O/c8-6-9-3-1-7(5-9)2-4-10/h7,10H,1-6,8H2. The Balaban J connectivity index is 2.15. The van der Waals surface area contributed by atoms with Crippen LogP contribution in [0.4, 0.5) is 0 Å². The molecule has 0 bridgehead atoms. The van der Waals surface area contributed by atoms with Crippen LogP contribution in [-0.2, 0) is 0 Å². The first kappa shape index (κ1) is 7.98. The first-order valence-corrected chi connectivity index (χ1v) is 3.90. The van der Waals surface area contributed by atoms with E-state index in [1.165, 1.54) is 6.42 Å². The van der Waals surface area contributed by atoms with Crippen molar-refractivity contribution < 1.29 is 5.11 Å². The van der Waals surface area contributed by atoms with Gasteiger partial charge in [0.05, 0.1) is 0 Å². The van der Waals surface area contributed by atoms with Crippen LogP contribution in [-0.4, -0.2) is 36.4 Å². The molecule has 3 N–H and O–H groups in total. The highest BCUT2D eigenvalue weighted by Crippen LogP contribution is 2.17. The molecule has 1 saturated heterocycles. The van der Waals surface area contributed by atoms with Crippen LogP contribution in [0.5, 0.6) is 0 Å². The second-order valence-corrected chi connectivity index (χ2v) is 2.93. The van der Waals surface area contributed by atoms with Gasteiger partial charge >= 0.3 is 0 Å². The Kier molecular flexibility index (Phi) is 3.12. The van der Waals surface area contributed by atoms with E-state index in [1.807, 2.05) is 0 Å². The molecule has 1 atom stereocenters. The minimum Gasteiger partial charge on any atom is -0.396 e. The molecule has 0 aromatic rings. The third-order valence-corrected chi connectivity index (χ3v) is 2.17. The Morgan fingerprint density at radius 2 is 2.40 bits per heavy atom. The number of rotatable bonds is 3. The third kappa shape index (κ3) is 1.94. The lowest BCUT2D eigenvalue weighted by molar-refractivity contribution is 0.252. The Labute approximate surface area is 61.8 Å². The highest BCUT2D eigenvalue weighted by molar-refractivity contribution is 4.73. The van der Waals surface area contributed by atoms with Gasteiger partial charge in [0.25, 0.3) is 0 Å². The predicted molar refractivity (Wildman–Crippen MR) is 40.4 cm³/mol. The fraction of sp³-hybridized carbons (Fsp3) is 1.00. The van der Waals surface area contributed by atoms with Gasteiger partial charge in [-0.2, -0.15) is 0 Å². The van der Waals surface area contributed by atoms with E-state index in [4.69, 9.17) is 10.8 Å². The summed E-state index contributed by atoms with van der Waals surface area (Å²) in [6.45, 7) is 3.18. The largest absolute Gasteiger partial charge is 0.396 e. The van der Waals surface area contributed by atoms with Crippen molar-refractivity contribution in [3.05, 3.63) is 0 Å². The molecule has 3 nitrogen and oxygen atoms in total. The maximum absolute atomic E-state index is 8.64. The van der Waals surface area contributed by atoms with Gasteiger partial charge in [-0.1, -0.05) is 0 Å². The topological polar surface area (TPSA) is 49.5 Å². The molecule has 1 aliphatic heterocycles. The lowest BCUT2D eigenvalue weighted by Gasteiger charge is -2.11. The zero-order valence-electron chi connectivity index (χ0n) is 6.29. The molecular formula is C7H16N2O. The zero-order chi connectivity index (χ0) is 7.40. The number of hydrogen-bond acceptors (Lipinski definition) is 3. The highest BCUT2D eigenvalue weighted by Gasteiger charge is 2.19. The van der Waals surface area contributed by atoms with Crippen molar-refractivity contribution in [1.29, 1.82) is 0 Å². The average molecular weight is 144 g/mol. The first-order chi connectivity index (χ1) is 4.86. The minimum absolute atomic E-state index is 0.322. The van der Waals surface area contributed by atoms with Crippen molar-refractivity contribution >= 4 is 0 Å². The van der Waals surface area contributed by atoms with Gasteiger partial charge in [0.15, 0.2) is 0 Å². The summed E-state index contributed by atoms with van der Waals surface area (Å²) in [7, 11) is 0. The maximum atomic E-state index is 8.64. The zero-order valence-corrected chi connectivity index (χ0v) is 6.29. The molecule has 10 heavy (non-hydrogen) atoms. The molecule has 1 aliphatic rings. The summed E-state index contributed by atoms with van der Waals surface area (Å²) in [6.07, 6.45) is 2.15. The average Bonchev–Trinajstić information content (AvgIpc) is 2.37. The second kappa shape index (κ2) is 3.91. The summed E-state index contributed by atoms with van der Waals surface area (Å²) in [6, 6.07) is 0. The van der Waals surface area contributed by atoms with Crippen molar-refractivity contribution in [3.8, 4) is 0 Å². The first-order valence-electron chi connectivity index (χ1n) is 3.90. The summed E-state index contributed by atoms with van der Waals surface area (Å²) in [4.78, 5) is 2.22. The molecule has 1 rings (SSSR count). The monoisotopic (exact) mass is 144 g/mol. The van der Waals surface area contributed by atoms with E-state index in [0.717, 1.165) is 19.5 Å². The third-order valence-electron chi connectivity index (χ3n) is 2.17. The predicted octanol–water partition coefficient (Wildman–Crippen LogP) is -0.393. The van der Waals surface area contributed by atoms with Crippen molar-refractivity contribution in [3.63, 3.8) is 0 Å². The van der Waals surface area contributed by atoms with Gasteiger partial charge in [-0.3, -0.25) is 4.90 Å². The summed E-state index contributed by atoms with van der Waals surface area (Å²) in [5.74, 6) is 0.688. The number of likely N-dealkylation sites (tertiary alicyclic amines) is 1. The molecule has 0 aromatic carbocycles. The molecule has 0 spiro atoms. The van der Waals surface area contributed by atoms with Crippen molar-refractivity contribution in [1.82, 2.24) is 4.90 Å². The van der Waals surface area contributed by atoms with E-state index in [-0.39, 0.29) is 0 Å². The number of nitrogens with zero attached hydrogens (tertiary/aromatic N) is 1. The summed E-state index contributed by atoms with van der Waals surface area (Å²) >= 11 is 0. The maximum Gasteiger partial charge on any atom is 0.0455 e. The SMILES string of the molecule is NCN1CCC(CCO)C1. The van der Waals surface area contributed by atoms with E-state index >= 15 is 0 Å². The van der Waals surface area contributed by atoms with Crippen LogP contribution in [0.1, 0.15) is 12.8 Å². The van der Waals surface area contributed by atoms with E-state index in [0.29, 0.717) is 19.2 Å². The molecule has 1 fully saturated rings. The molecule has 0 amide bonds. The molecule has 1 unspecified atom stereocenters. The quantitative estimate of drug-likeness (QED) is 0.567. The minimum atomic E-state index is 0.322. The van der Waals surface area contributed by atoms with Crippen LogP contribution >= 0.6 is 0 Å². The van der Waals surface area contributed by atoms with Crippen molar-refractivity contribution in [2.24, 2.45) is 11.7 Å². The molecule has 0 aromatic heterocycles. The van der Waals surface area contributed by atoms with Gasteiger partial charge in [0, 0.05) is 19.8 Å². The normalized spacial score (nSPS) is 27.6. The van der Waals surface area contributed by atoms with E-state index in [1.54, 1.807) is 0 Å². The second-order valence-electron chi connectivity index (χ2n) is 2.93. The molecular weight excluding hydrogens is 128 g/mol. The van der Waals surface area contributed by atoms with Gasteiger partial charge in [-0.15, -0.1) is 0 Å². The molecule has 0 radical (unpaired) electrons. The van der Waals surface area contributed by atoms with Crippen molar-refractivity contribution in [2.75, 3.05) is 26.4 Å². The van der Waals surface area contributed by atoms with Gasteiger partial charge < -0.3 is 10.8 Å². The Hall–Kier alpha value is -0.120. The summed E-state index contributed by atoms with van der Waals surface area (Å²) < 4.78 is 0. The van der Waals surface area contributed by atoms with E-state index in [2.05, 4.69) is 4.90 Å². The van der Waals surface area contributed by atoms with Crippen LogP contribution in [0.2, 0.25) is 0 Å². The lowest BCUT2D eigenvalue weighted by atomic mass is 10.1. The molecule has 60 valence electrons. The Bertz CT molecular complexity index is 97.6. The Morgan fingerprint density at radius 1 is 1.60 bits per heavy atom. The van der Waals surface area contributed by atoms with E-state index < -0.39 is 0 Å². The number of hydrogen-bond donors (Lipinski definition) is 2. The molecule has 0 saturated carbocycles. The molecule has 0 aliphatic carbocycles. The molecule has 3 heteroatoms. The van der Waals surface area contributed by atoms with Crippen LogP contribution in [0.15, 0.2) is 0 Å². The van der Waals surface area contributed by atoms with Crippen LogP contribution in [0.25, 0.3) is 0 Å². The van der Waals surface area contributed by atoms with Crippen LogP contribution < -0.4 is 5.73 Å². The number of aliphatic hydroxyl groups excluding tert-OH is 1.